The highest BCUT2D eigenvalue weighted by Gasteiger charge is 2.36. The van der Waals surface area contributed by atoms with E-state index in [-0.39, 0.29) is 0 Å². The van der Waals surface area contributed by atoms with Gasteiger partial charge in [-0.05, 0) is 50.9 Å². The maximum atomic E-state index is 5.89. The van der Waals surface area contributed by atoms with Crippen LogP contribution in [0.5, 0.6) is 0 Å². The summed E-state index contributed by atoms with van der Waals surface area (Å²) < 4.78 is 0. The van der Waals surface area contributed by atoms with Crippen LogP contribution in [0.1, 0.15) is 30.7 Å². The Hall–Kier alpha value is -0.930. The highest BCUT2D eigenvalue weighted by Crippen LogP contribution is 2.40. The number of hydrogen-bond acceptors (Lipinski definition) is 3. The minimum atomic E-state index is 0.387. The van der Waals surface area contributed by atoms with Crippen molar-refractivity contribution in [1.82, 2.24) is 9.88 Å². The second-order valence-corrected chi connectivity index (χ2v) is 5.50. The lowest BCUT2D eigenvalue weighted by molar-refractivity contribution is 0.0840. The van der Waals surface area contributed by atoms with E-state index in [2.05, 4.69) is 29.1 Å². The van der Waals surface area contributed by atoms with E-state index in [1.165, 1.54) is 19.3 Å². The summed E-state index contributed by atoms with van der Waals surface area (Å²) >= 11 is 0. The summed E-state index contributed by atoms with van der Waals surface area (Å²) in [6, 6.07) is 6.21. The normalized spacial score (nSPS) is 18.1. The van der Waals surface area contributed by atoms with Crippen LogP contribution >= 0.6 is 0 Å². The number of aromatic nitrogens is 1. The minimum absolute atomic E-state index is 0.387. The van der Waals surface area contributed by atoms with Gasteiger partial charge >= 0.3 is 0 Å². The average Bonchev–Trinajstić information content (AvgIpc) is 2.23. The van der Waals surface area contributed by atoms with Crippen molar-refractivity contribution in [3.63, 3.8) is 0 Å². The van der Waals surface area contributed by atoms with Gasteiger partial charge in [-0.1, -0.05) is 12.5 Å². The van der Waals surface area contributed by atoms with Gasteiger partial charge in [0, 0.05) is 18.8 Å². The number of rotatable bonds is 5. The van der Waals surface area contributed by atoms with Crippen LogP contribution in [0.4, 0.5) is 0 Å². The Kier molecular flexibility index (Phi) is 3.79. The van der Waals surface area contributed by atoms with Gasteiger partial charge in [0.1, 0.15) is 0 Å². The summed E-state index contributed by atoms with van der Waals surface area (Å²) in [5.74, 6) is 0. The van der Waals surface area contributed by atoms with Gasteiger partial charge in [0.25, 0.3) is 0 Å². The third-order valence-corrected chi connectivity index (χ3v) is 3.83. The predicted octanol–water partition coefficient (Wildman–Crippen LogP) is 1.95. The highest BCUT2D eigenvalue weighted by atomic mass is 15.1. The molecule has 0 amide bonds. The molecule has 2 rings (SSSR count). The Morgan fingerprint density at radius 1 is 1.41 bits per heavy atom. The number of pyridine rings is 1. The van der Waals surface area contributed by atoms with Crippen molar-refractivity contribution in [2.45, 2.75) is 32.7 Å². The summed E-state index contributed by atoms with van der Waals surface area (Å²) in [5, 5.41) is 0. The number of nitrogens with zero attached hydrogens (tertiary/aromatic N) is 2. The van der Waals surface area contributed by atoms with Crippen LogP contribution in [0.25, 0.3) is 0 Å². The molecule has 0 bridgehead atoms. The molecular weight excluding hydrogens is 210 g/mol. The smallest absolute Gasteiger partial charge is 0.0547 e. The lowest BCUT2D eigenvalue weighted by Crippen LogP contribution is -2.45. The molecule has 1 aliphatic carbocycles. The molecule has 0 unspecified atom stereocenters. The zero-order valence-corrected chi connectivity index (χ0v) is 10.9. The zero-order valence-electron chi connectivity index (χ0n) is 10.9. The van der Waals surface area contributed by atoms with Crippen LogP contribution < -0.4 is 5.73 Å². The largest absolute Gasteiger partial charge is 0.330 e. The Morgan fingerprint density at radius 2 is 2.18 bits per heavy atom. The first-order valence-corrected chi connectivity index (χ1v) is 6.45. The van der Waals surface area contributed by atoms with Gasteiger partial charge in [0.05, 0.1) is 5.69 Å². The molecule has 0 radical (unpaired) electrons. The fraction of sp³-hybridized carbons (Fsp3) is 0.643. The van der Waals surface area contributed by atoms with E-state index in [9.17, 15) is 0 Å². The molecule has 0 saturated heterocycles. The Bertz CT molecular complexity index is 366. The molecule has 0 spiro atoms. The molecular formula is C14H23N3. The lowest BCUT2D eigenvalue weighted by Gasteiger charge is -2.43. The van der Waals surface area contributed by atoms with E-state index in [1.54, 1.807) is 0 Å². The molecule has 1 heterocycles. The van der Waals surface area contributed by atoms with Crippen LogP contribution in [0.3, 0.4) is 0 Å². The number of hydrogen-bond donors (Lipinski definition) is 1. The quantitative estimate of drug-likeness (QED) is 0.845. The van der Waals surface area contributed by atoms with E-state index in [4.69, 9.17) is 5.73 Å². The standard InChI is InChI=1S/C14H23N3/c1-12-5-3-6-13(16-12)9-17(2)11-14(10-15)7-4-8-14/h3,5-6H,4,7-11,15H2,1-2H3. The average molecular weight is 233 g/mol. The van der Waals surface area contributed by atoms with Gasteiger partial charge in [-0.2, -0.15) is 0 Å². The molecule has 1 saturated carbocycles. The van der Waals surface area contributed by atoms with Crippen molar-refractivity contribution in [2.75, 3.05) is 20.1 Å². The van der Waals surface area contributed by atoms with Gasteiger partial charge < -0.3 is 5.73 Å². The molecule has 94 valence electrons. The topological polar surface area (TPSA) is 42.1 Å². The van der Waals surface area contributed by atoms with Crippen molar-refractivity contribution in [1.29, 1.82) is 0 Å². The third kappa shape index (κ3) is 3.05. The molecule has 0 aromatic carbocycles. The Balaban J connectivity index is 1.90. The zero-order chi connectivity index (χ0) is 12.3. The summed E-state index contributed by atoms with van der Waals surface area (Å²) in [4.78, 5) is 6.89. The molecule has 1 fully saturated rings. The number of aryl methyl sites for hydroxylation is 1. The Labute approximate surface area is 104 Å². The maximum absolute atomic E-state index is 5.89. The van der Waals surface area contributed by atoms with Gasteiger partial charge in [0.15, 0.2) is 0 Å². The van der Waals surface area contributed by atoms with E-state index in [1.807, 2.05) is 13.0 Å². The van der Waals surface area contributed by atoms with Crippen molar-refractivity contribution in [3.8, 4) is 0 Å². The van der Waals surface area contributed by atoms with E-state index in [0.717, 1.165) is 31.0 Å². The first kappa shape index (κ1) is 12.5. The molecule has 3 nitrogen and oxygen atoms in total. The van der Waals surface area contributed by atoms with Gasteiger partial charge in [-0.25, -0.2) is 0 Å². The number of nitrogens with two attached hydrogens (primary N) is 1. The van der Waals surface area contributed by atoms with Gasteiger partial charge in [-0.15, -0.1) is 0 Å². The van der Waals surface area contributed by atoms with Crippen LogP contribution in [0.15, 0.2) is 18.2 Å². The van der Waals surface area contributed by atoms with Crippen LogP contribution in [-0.4, -0.2) is 30.0 Å². The molecule has 17 heavy (non-hydrogen) atoms. The fourth-order valence-electron chi connectivity index (χ4n) is 2.70. The van der Waals surface area contributed by atoms with Crippen molar-refractivity contribution >= 4 is 0 Å². The minimum Gasteiger partial charge on any atom is -0.330 e. The fourth-order valence-corrected chi connectivity index (χ4v) is 2.70. The SMILES string of the molecule is Cc1cccc(CN(C)CC2(CN)CCC2)n1. The maximum Gasteiger partial charge on any atom is 0.0547 e. The summed E-state index contributed by atoms with van der Waals surface area (Å²) in [7, 11) is 2.17. The molecule has 0 aliphatic heterocycles. The van der Waals surface area contributed by atoms with Crippen molar-refractivity contribution < 1.29 is 0 Å². The molecule has 3 heteroatoms. The molecule has 2 N–H and O–H groups in total. The Morgan fingerprint density at radius 3 is 2.71 bits per heavy atom. The van der Waals surface area contributed by atoms with Gasteiger partial charge in [0.2, 0.25) is 0 Å². The summed E-state index contributed by atoms with van der Waals surface area (Å²) in [6.07, 6.45) is 3.91. The van der Waals surface area contributed by atoms with Crippen molar-refractivity contribution in [2.24, 2.45) is 11.1 Å². The molecule has 1 aromatic heterocycles. The van der Waals surface area contributed by atoms with Crippen LogP contribution in [0, 0.1) is 12.3 Å². The molecule has 1 aliphatic rings. The lowest BCUT2D eigenvalue weighted by atomic mass is 9.68. The van der Waals surface area contributed by atoms with E-state index < -0.39 is 0 Å². The second-order valence-electron chi connectivity index (χ2n) is 5.50. The molecule has 0 atom stereocenters. The van der Waals surface area contributed by atoms with Crippen LogP contribution in [-0.2, 0) is 6.54 Å². The van der Waals surface area contributed by atoms with E-state index >= 15 is 0 Å². The highest BCUT2D eigenvalue weighted by molar-refractivity contribution is 5.09. The summed E-state index contributed by atoms with van der Waals surface area (Å²) in [5.41, 5.74) is 8.52. The predicted molar refractivity (Wildman–Crippen MR) is 70.6 cm³/mol. The van der Waals surface area contributed by atoms with Crippen molar-refractivity contribution in [3.05, 3.63) is 29.6 Å². The second kappa shape index (κ2) is 5.15. The third-order valence-electron chi connectivity index (χ3n) is 3.83. The summed E-state index contributed by atoms with van der Waals surface area (Å²) in [6.45, 7) is 4.87. The van der Waals surface area contributed by atoms with E-state index in [0.29, 0.717) is 5.41 Å². The van der Waals surface area contributed by atoms with Gasteiger partial charge in [-0.3, -0.25) is 9.88 Å². The first-order chi connectivity index (χ1) is 8.13. The monoisotopic (exact) mass is 233 g/mol. The molecule has 1 aromatic rings. The first-order valence-electron chi connectivity index (χ1n) is 6.45. The van der Waals surface area contributed by atoms with Crippen LogP contribution in [0.2, 0.25) is 0 Å².